The van der Waals surface area contributed by atoms with Crippen molar-refractivity contribution in [2.45, 2.75) is 25.7 Å². The van der Waals surface area contributed by atoms with Crippen LogP contribution in [-0.2, 0) is 17.1 Å². The van der Waals surface area contributed by atoms with Crippen LogP contribution in [0.3, 0.4) is 0 Å². The lowest BCUT2D eigenvalue weighted by molar-refractivity contribution is -0.385. The van der Waals surface area contributed by atoms with Crippen LogP contribution in [-0.4, -0.2) is 29.3 Å². The van der Waals surface area contributed by atoms with Crippen LogP contribution in [0.15, 0.2) is 46.4 Å². The number of nitrogens with zero attached hydrogens (tertiary/aromatic N) is 4. The van der Waals surface area contributed by atoms with Gasteiger partial charge in [0, 0.05) is 19.2 Å². The number of halogens is 1. The fourth-order valence-electron chi connectivity index (χ4n) is 3.03. The van der Waals surface area contributed by atoms with Crippen molar-refractivity contribution in [2.24, 2.45) is 12.1 Å². The number of hydrogen-bond donors (Lipinski definition) is 2. The van der Waals surface area contributed by atoms with Gasteiger partial charge in [-0.25, -0.2) is 8.42 Å². The van der Waals surface area contributed by atoms with Gasteiger partial charge in [-0.1, -0.05) is 29.3 Å². The summed E-state index contributed by atoms with van der Waals surface area (Å²) in [5, 5.41) is 19.8. The molecule has 0 aliphatic heterocycles. The molecule has 2 aromatic carbocycles. The first-order valence-corrected chi connectivity index (χ1v) is 11.2. The smallest absolute Gasteiger partial charge is 0.270 e. The number of rotatable bonds is 7. The van der Waals surface area contributed by atoms with Crippen LogP contribution in [0.1, 0.15) is 22.4 Å². The number of sulfonamides is 1. The van der Waals surface area contributed by atoms with Crippen LogP contribution in [0.25, 0.3) is 0 Å². The number of aryl methyl sites for hydroxylation is 4. The van der Waals surface area contributed by atoms with Gasteiger partial charge in [0.25, 0.3) is 15.7 Å². The second kappa shape index (κ2) is 8.97. The van der Waals surface area contributed by atoms with Crippen LogP contribution < -0.4 is 10.1 Å². The molecule has 0 saturated carbocycles. The van der Waals surface area contributed by atoms with E-state index in [-0.39, 0.29) is 16.3 Å². The summed E-state index contributed by atoms with van der Waals surface area (Å²) in [6.45, 7) is 5.41. The minimum absolute atomic E-state index is 0.0572. The second-order valence-electron chi connectivity index (χ2n) is 7.14. The molecule has 3 aromatic rings. The molecule has 0 unspecified atom stereocenters. The Bertz CT molecular complexity index is 1330. The molecule has 1 aromatic heterocycles. The van der Waals surface area contributed by atoms with Gasteiger partial charge in [0.05, 0.1) is 33.8 Å². The van der Waals surface area contributed by atoms with Crippen molar-refractivity contribution in [1.29, 1.82) is 0 Å². The lowest BCUT2D eigenvalue weighted by atomic mass is 10.1. The molecule has 3 rings (SSSR count). The van der Waals surface area contributed by atoms with Gasteiger partial charge in [-0.3, -0.25) is 24.9 Å². The van der Waals surface area contributed by atoms with Gasteiger partial charge in [0.15, 0.2) is 0 Å². The zero-order valence-corrected chi connectivity index (χ0v) is 19.3. The van der Waals surface area contributed by atoms with Crippen molar-refractivity contribution in [3.05, 3.63) is 74.0 Å². The van der Waals surface area contributed by atoms with Gasteiger partial charge in [0.2, 0.25) is 0 Å². The largest absolute Gasteiger partial charge is 0.279 e. The summed E-state index contributed by atoms with van der Waals surface area (Å²) in [5.74, 6) is 0. The summed E-state index contributed by atoms with van der Waals surface area (Å²) in [7, 11) is -2.50. The van der Waals surface area contributed by atoms with Crippen molar-refractivity contribution >= 4 is 44.9 Å². The third-order valence-corrected chi connectivity index (χ3v) is 6.52. The average molecular weight is 477 g/mol. The van der Waals surface area contributed by atoms with Gasteiger partial charge < -0.3 is 0 Å². The molecule has 0 aliphatic rings. The molecule has 0 atom stereocenters. The number of benzene rings is 2. The third-order valence-electron chi connectivity index (χ3n) is 4.67. The first-order valence-electron chi connectivity index (χ1n) is 9.36. The molecule has 32 heavy (non-hydrogen) atoms. The zero-order chi connectivity index (χ0) is 23.6. The summed E-state index contributed by atoms with van der Waals surface area (Å²) >= 11 is 6.17. The monoisotopic (exact) mass is 476 g/mol. The molecular formula is C20H21ClN6O4S. The highest BCUT2D eigenvalue weighted by Gasteiger charge is 2.23. The van der Waals surface area contributed by atoms with Gasteiger partial charge >= 0.3 is 0 Å². The number of nitro groups is 1. The minimum atomic E-state index is -4.18. The van der Waals surface area contributed by atoms with Crippen molar-refractivity contribution in [2.75, 3.05) is 10.1 Å². The minimum Gasteiger partial charge on any atom is -0.279 e. The molecule has 12 heteroatoms. The molecule has 0 saturated heterocycles. The Morgan fingerprint density at radius 1 is 1.16 bits per heavy atom. The van der Waals surface area contributed by atoms with Gasteiger partial charge in [-0.05, 0) is 38.5 Å². The Balaban J connectivity index is 1.98. The molecule has 168 valence electrons. The average Bonchev–Trinajstić information content (AvgIpc) is 2.96. The maximum atomic E-state index is 13.1. The first kappa shape index (κ1) is 23.2. The van der Waals surface area contributed by atoms with E-state index in [1.807, 2.05) is 13.0 Å². The quantitative estimate of drug-likeness (QED) is 0.299. The van der Waals surface area contributed by atoms with E-state index in [1.54, 1.807) is 33.0 Å². The Kier molecular flexibility index (Phi) is 6.51. The van der Waals surface area contributed by atoms with E-state index in [1.165, 1.54) is 23.0 Å². The SMILES string of the molecule is Cc1ccc(NS(=O)(=O)c2cc([N+](=O)[O-])ccc2N/N=C/c2c(C)nn(C)c2Cl)c(C)c1. The molecule has 0 fully saturated rings. The maximum absolute atomic E-state index is 13.1. The van der Waals surface area contributed by atoms with E-state index in [4.69, 9.17) is 11.6 Å². The molecule has 10 nitrogen and oxygen atoms in total. The van der Waals surface area contributed by atoms with Crippen molar-refractivity contribution in [3.63, 3.8) is 0 Å². The van der Waals surface area contributed by atoms with E-state index in [2.05, 4.69) is 20.3 Å². The number of non-ortho nitro benzene ring substituents is 1. The van der Waals surface area contributed by atoms with Gasteiger partial charge in [-0.2, -0.15) is 10.2 Å². The van der Waals surface area contributed by atoms with Gasteiger partial charge in [0.1, 0.15) is 10.0 Å². The number of nitro benzene ring substituents is 1. The fraction of sp³-hybridized carbons (Fsp3) is 0.200. The Hall–Kier alpha value is -3.44. The van der Waals surface area contributed by atoms with E-state index < -0.39 is 14.9 Å². The maximum Gasteiger partial charge on any atom is 0.270 e. The van der Waals surface area contributed by atoms with Crippen molar-refractivity contribution in [3.8, 4) is 0 Å². The number of aromatic nitrogens is 2. The fourth-order valence-corrected chi connectivity index (χ4v) is 4.56. The van der Waals surface area contributed by atoms with E-state index >= 15 is 0 Å². The van der Waals surface area contributed by atoms with Crippen LogP contribution in [0.2, 0.25) is 5.15 Å². The third kappa shape index (κ3) is 4.89. The number of nitrogens with one attached hydrogen (secondary N) is 2. The molecule has 2 N–H and O–H groups in total. The van der Waals surface area contributed by atoms with E-state index in [0.29, 0.717) is 27.7 Å². The molecule has 0 bridgehead atoms. The van der Waals surface area contributed by atoms with Crippen LogP contribution in [0.5, 0.6) is 0 Å². The van der Waals surface area contributed by atoms with Gasteiger partial charge in [-0.15, -0.1) is 0 Å². The summed E-state index contributed by atoms with van der Waals surface area (Å²) in [4.78, 5) is 10.2. The first-order chi connectivity index (χ1) is 15.0. The molecule has 0 aliphatic carbocycles. The predicted molar refractivity (Wildman–Crippen MR) is 124 cm³/mol. The Labute approximate surface area is 190 Å². The van der Waals surface area contributed by atoms with E-state index in [0.717, 1.165) is 11.6 Å². The molecule has 0 radical (unpaired) electrons. The topological polar surface area (TPSA) is 132 Å². The Morgan fingerprint density at radius 3 is 2.44 bits per heavy atom. The predicted octanol–water partition coefficient (Wildman–Crippen LogP) is 4.15. The molecule has 0 amide bonds. The summed E-state index contributed by atoms with van der Waals surface area (Å²) in [5.41, 5.74) is 5.58. The summed E-state index contributed by atoms with van der Waals surface area (Å²) < 4.78 is 30.2. The van der Waals surface area contributed by atoms with Crippen molar-refractivity contribution in [1.82, 2.24) is 9.78 Å². The van der Waals surface area contributed by atoms with E-state index in [9.17, 15) is 18.5 Å². The second-order valence-corrected chi connectivity index (χ2v) is 9.15. The van der Waals surface area contributed by atoms with Crippen molar-refractivity contribution < 1.29 is 13.3 Å². The Morgan fingerprint density at radius 2 is 1.84 bits per heavy atom. The standard InChI is InChI=1S/C20H21ClN6O4S/c1-12-5-7-17(13(2)9-12)25-32(30,31)19-10-15(27(28)29)6-8-18(19)23-22-11-16-14(3)24-26(4)20(16)21/h5-11,23,25H,1-4H3/b22-11+. The van der Waals surface area contributed by atoms with Crippen LogP contribution in [0.4, 0.5) is 17.1 Å². The van der Waals surface area contributed by atoms with Crippen LogP contribution >= 0.6 is 11.6 Å². The lowest BCUT2D eigenvalue weighted by Gasteiger charge is -2.14. The molecule has 0 spiro atoms. The molecule has 1 heterocycles. The number of hydrogen-bond acceptors (Lipinski definition) is 7. The lowest BCUT2D eigenvalue weighted by Crippen LogP contribution is -2.16. The highest BCUT2D eigenvalue weighted by atomic mass is 35.5. The summed E-state index contributed by atoms with van der Waals surface area (Å²) in [6, 6.07) is 8.68. The normalized spacial score (nSPS) is 11.7. The molecular weight excluding hydrogens is 456 g/mol. The number of anilines is 2. The zero-order valence-electron chi connectivity index (χ0n) is 17.7. The highest BCUT2D eigenvalue weighted by Crippen LogP contribution is 2.29. The number of hydrazone groups is 1. The van der Waals surface area contributed by atoms with Crippen LogP contribution in [0, 0.1) is 30.9 Å². The summed E-state index contributed by atoms with van der Waals surface area (Å²) in [6.07, 6.45) is 1.40. The highest BCUT2D eigenvalue weighted by molar-refractivity contribution is 7.92.